The Hall–Kier alpha value is -0.410. The number of hydrogen-bond acceptors (Lipinski definition) is 1. The first kappa shape index (κ1) is 14.0. The van der Waals surface area contributed by atoms with Crippen molar-refractivity contribution in [2.75, 3.05) is 0 Å². The van der Waals surface area contributed by atoms with Gasteiger partial charge >= 0.3 is 0 Å². The van der Waals surface area contributed by atoms with Crippen LogP contribution in [0.4, 0.5) is 4.39 Å². The lowest BCUT2D eigenvalue weighted by atomic mass is 9.73. The monoisotopic (exact) mass is 313 g/mol. The Morgan fingerprint density at radius 1 is 1.39 bits per heavy atom. The van der Waals surface area contributed by atoms with Gasteiger partial charge in [-0.2, -0.15) is 0 Å². The highest BCUT2D eigenvalue weighted by atomic mass is 79.9. The SMILES string of the molecule is CCC1CCC(N)(Cc2ccc(Br)cc2F)CC1. The smallest absolute Gasteiger partial charge is 0.127 e. The molecule has 0 bridgehead atoms. The molecule has 3 heteroatoms. The molecule has 2 N–H and O–H groups in total. The van der Waals surface area contributed by atoms with E-state index < -0.39 is 0 Å². The highest BCUT2D eigenvalue weighted by Gasteiger charge is 2.31. The minimum Gasteiger partial charge on any atom is -0.325 e. The Labute approximate surface area is 117 Å². The van der Waals surface area contributed by atoms with Crippen molar-refractivity contribution in [3.05, 3.63) is 34.1 Å². The molecular formula is C15H21BrFN. The maximum Gasteiger partial charge on any atom is 0.127 e. The summed E-state index contributed by atoms with van der Waals surface area (Å²) in [6.45, 7) is 2.24. The summed E-state index contributed by atoms with van der Waals surface area (Å²) >= 11 is 3.28. The summed E-state index contributed by atoms with van der Waals surface area (Å²) in [7, 11) is 0. The van der Waals surface area contributed by atoms with Crippen LogP contribution in [0.5, 0.6) is 0 Å². The second kappa shape index (κ2) is 5.70. The summed E-state index contributed by atoms with van der Waals surface area (Å²) < 4.78 is 14.6. The number of benzene rings is 1. The molecule has 0 atom stereocenters. The first-order valence-corrected chi connectivity index (χ1v) is 7.54. The zero-order valence-electron chi connectivity index (χ0n) is 10.9. The maximum absolute atomic E-state index is 13.8. The fraction of sp³-hybridized carbons (Fsp3) is 0.600. The molecule has 1 aromatic rings. The number of nitrogens with two attached hydrogens (primary N) is 1. The van der Waals surface area contributed by atoms with Crippen LogP contribution in [0.25, 0.3) is 0 Å². The van der Waals surface area contributed by atoms with Crippen LogP contribution < -0.4 is 5.73 Å². The molecule has 1 saturated carbocycles. The molecule has 100 valence electrons. The predicted molar refractivity (Wildman–Crippen MR) is 77.0 cm³/mol. The first-order valence-electron chi connectivity index (χ1n) is 6.75. The summed E-state index contributed by atoms with van der Waals surface area (Å²) in [5.41, 5.74) is 6.97. The van der Waals surface area contributed by atoms with E-state index in [-0.39, 0.29) is 11.4 Å². The van der Waals surface area contributed by atoms with Gasteiger partial charge in [0, 0.05) is 10.0 Å². The Bertz CT molecular complexity index is 411. The summed E-state index contributed by atoms with van der Waals surface area (Å²) in [6.07, 6.45) is 6.30. The molecule has 1 aliphatic rings. The Morgan fingerprint density at radius 2 is 2.06 bits per heavy atom. The lowest BCUT2D eigenvalue weighted by molar-refractivity contribution is 0.227. The number of rotatable bonds is 3. The van der Waals surface area contributed by atoms with Crippen molar-refractivity contribution in [1.29, 1.82) is 0 Å². The molecule has 18 heavy (non-hydrogen) atoms. The Balaban J connectivity index is 2.04. The van der Waals surface area contributed by atoms with Crippen LogP contribution in [0, 0.1) is 11.7 Å². The van der Waals surface area contributed by atoms with Crippen molar-refractivity contribution < 1.29 is 4.39 Å². The zero-order chi connectivity index (χ0) is 13.2. The minimum atomic E-state index is -0.208. The normalized spacial score (nSPS) is 28.3. The van der Waals surface area contributed by atoms with Crippen molar-refractivity contribution in [2.45, 2.75) is 51.0 Å². The first-order chi connectivity index (χ1) is 8.52. The van der Waals surface area contributed by atoms with Gasteiger partial charge in [-0.1, -0.05) is 35.3 Å². The van der Waals surface area contributed by atoms with Crippen molar-refractivity contribution in [1.82, 2.24) is 0 Å². The van der Waals surface area contributed by atoms with Gasteiger partial charge < -0.3 is 5.73 Å². The second-order valence-corrected chi connectivity index (χ2v) is 6.54. The Morgan fingerprint density at radius 3 is 2.61 bits per heavy atom. The standard InChI is InChI=1S/C15H21BrFN/c1-2-11-5-7-15(18,8-6-11)10-12-3-4-13(16)9-14(12)17/h3-4,9,11H,2,5-8,10,18H2,1H3. The molecule has 1 fully saturated rings. The molecule has 1 aromatic carbocycles. The molecular weight excluding hydrogens is 293 g/mol. The molecule has 2 rings (SSSR count). The van der Waals surface area contributed by atoms with E-state index in [2.05, 4.69) is 22.9 Å². The van der Waals surface area contributed by atoms with Crippen molar-refractivity contribution in [3.63, 3.8) is 0 Å². The molecule has 0 radical (unpaired) electrons. The molecule has 1 nitrogen and oxygen atoms in total. The van der Waals surface area contributed by atoms with Crippen molar-refractivity contribution in [3.8, 4) is 0 Å². The lowest BCUT2D eigenvalue weighted by Gasteiger charge is -2.37. The van der Waals surface area contributed by atoms with E-state index in [0.29, 0.717) is 6.42 Å². The third kappa shape index (κ3) is 3.33. The fourth-order valence-electron chi connectivity index (χ4n) is 2.88. The van der Waals surface area contributed by atoms with Crippen molar-refractivity contribution >= 4 is 15.9 Å². The summed E-state index contributed by atoms with van der Waals surface area (Å²) in [4.78, 5) is 0. The molecule has 0 aromatic heterocycles. The van der Waals surface area contributed by atoms with Crippen LogP contribution in [-0.4, -0.2) is 5.54 Å². The fourth-order valence-corrected chi connectivity index (χ4v) is 3.22. The van der Waals surface area contributed by atoms with E-state index in [1.54, 1.807) is 0 Å². The van der Waals surface area contributed by atoms with E-state index in [4.69, 9.17) is 5.73 Å². The van der Waals surface area contributed by atoms with Gasteiger partial charge in [-0.05, 0) is 55.7 Å². The molecule has 0 aliphatic heterocycles. The number of hydrogen-bond donors (Lipinski definition) is 1. The second-order valence-electron chi connectivity index (χ2n) is 5.63. The van der Waals surface area contributed by atoms with E-state index >= 15 is 0 Å². The van der Waals surface area contributed by atoms with Gasteiger partial charge in [0.05, 0.1) is 0 Å². The highest BCUT2D eigenvalue weighted by molar-refractivity contribution is 9.10. The zero-order valence-corrected chi connectivity index (χ0v) is 12.5. The van der Waals surface area contributed by atoms with Crippen LogP contribution in [-0.2, 0) is 6.42 Å². The molecule has 0 saturated heterocycles. The highest BCUT2D eigenvalue weighted by Crippen LogP contribution is 2.34. The van der Waals surface area contributed by atoms with Gasteiger partial charge in [0.1, 0.15) is 5.82 Å². The van der Waals surface area contributed by atoms with E-state index in [9.17, 15) is 4.39 Å². The lowest BCUT2D eigenvalue weighted by Crippen LogP contribution is -2.45. The molecule has 0 spiro atoms. The third-order valence-corrected chi connectivity index (χ3v) is 4.73. The topological polar surface area (TPSA) is 26.0 Å². The van der Waals surface area contributed by atoms with E-state index in [1.165, 1.54) is 25.3 Å². The average Bonchev–Trinajstić information content (AvgIpc) is 2.34. The maximum atomic E-state index is 13.8. The van der Waals surface area contributed by atoms with Crippen LogP contribution in [0.3, 0.4) is 0 Å². The number of halogens is 2. The Kier molecular flexibility index (Phi) is 4.44. The van der Waals surface area contributed by atoms with Crippen molar-refractivity contribution in [2.24, 2.45) is 11.7 Å². The minimum absolute atomic E-state index is 0.146. The van der Waals surface area contributed by atoms with Gasteiger partial charge in [-0.15, -0.1) is 0 Å². The van der Waals surface area contributed by atoms with Crippen LogP contribution in [0.15, 0.2) is 22.7 Å². The van der Waals surface area contributed by atoms with Gasteiger partial charge in [-0.25, -0.2) is 4.39 Å². The van der Waals surface area contributed by atoms with E-state index in [0.717, 1.165) is 28.8 Å². The summed E-state index contributed by atoms with van der Waals surface area (Å²) in [5, 5.41) is 0. The molecule has 0 heterocycles. The van der Waals surface area contributed by atoms with Crippen LogP contribution in [0.1, 0.15) is 44.6 Å². The average molecular weight is 314 g/mol. The van der Waals surface area contributed by atoms with Crippen LogP contribution in [0.2, 0.25) is 0 Å². The largest absolute Gasteiger partial charge is 0.325 e. The van der Waals surface area contributed by atoms with E-state index in [1.807, 2.05) is 12.1 Å². The van der Waals surface area contributed by atoms with Gasteiger partial charge in [0.15, 0.2) is 0 Å². The summed E-state index contributed by atoms with van der Waals surface area (Å²) in [6, 6.07) is 5.26. The molecule has 0 amide bonds. The van der Waals surface area contributed by atoms with Gasteiger partial charge in [-0.3, -0.25) is 0 Å². The van der Waals surface area contributed by atoms with Gasteiger partial charge in [0.25, 0.3) is 0 Å². The van der Waals surface area contributed by atoms with Gasteiger partial charge in [0.2, 0.25) is 0 Å². The molecule has 0 unspecified atom stereocenters. The molecule has 1 aliphatic carbocycles. The van der Waals surface area contributed by atoms with Crippen LogP contribution >= 0.6 is 15.9 Å². The predicted octanol–water partition coefficient (Wildman–Crippen LogP) is 4.43. The quantitative estimate of drug-likeness (QED) is 0.877. The summed E-state index contributed by atoms with van der Waals surface area (Å²) in [5.74, 6) is 0.670. The third-order valence-electron chi connectivity index (χ3n) is 4.24.